The molecule has 1 aromatic rings. The maximum Gasteiger partial charge on any atom is 0.214 e. The Kier molecular flexibility index (Phi) is 5.01. The van der Waals surface area contributed by atoms with Crippen LogP contribution in [-0.2, 0) is 21.2 Å². The fraction of sp³-hybridized carbons (Fsp3) is 0.571. The van der Waals surface area contributed by atoms with Crippen molar-refractivity contribution in [3.63, 3.8) is 0 Å². The van der Waals surface area contributed by atoms with E-state index < -0.39 is 10.0 Å². The van der Waals surface area contributed by atoms with Crippen molar-refractivity contribution >= 4 is 10.0 Å². The van der Waals surface area contributed by atoms with E-state index in [4.69, 9.17) is 9.47 Å². The van der Waals surface area contributed by atoms with Gasteiger partial charge in [-0.15, -0.1) is 0 Å². The molecule has 112 valence electrons. The minimum Gasteiger partial charge on any atom is -0.497 e. The summed E-state index contributed by atoms with van der Waals surface area (Å²) in [5.74, 6) is 0.868. The van der Waals surface area contributed by atoms with Gasteiger partial charge in [-0.1, -0.05) is 12.1 Å². The van der Waals surface area contributed by atoms with Gasteiger partial charge < -0.3 is 9.47 Å². The molecule has 1 saturated heterocycles. The van der Waals surface area contributed by atoms with Gasteiger partial charge in [-0.05, 0) is 31.0 Å². The highest BCUT2D eigenvalue weighted by Crippen LogP contribution is 2.15. The van der Waals surface area contributed by atoms with Crippen molar-refractivity contribution in [1.82, 2.24) is 4.31 Å². The van der Waals surface area contributed by atoms with Gasteiger partial charge in [0.2, 0.25) is 10.0 Å². The summed E-state index contributed by atoms with van der Waals surface area (Å²) in [7, 11) is -1.62. The van der Waals surface area contributed by atoms with Crippen LogP contribution in [0.1, 0.15) is 12.5 Å². The highest BCUT2D eigenvalue weighted by Gasteiger charge is 2.27. The molecule has 2 rings (SSSR count). The maximum absolute atomic E-state index is 12.3. The number of aryl methyl sites for hydroxylation is 1. The van der Waals surface area contributed by atoms with Crippen molar-refractivity contribution < 1.29 is 17.9 Å². The Morgan fingerprint density at radius 1 is 1.45 bits per heavy atom. The maximum atomic E-state index is 12.3. The molecule has 5 nitrogen and oxygen atoms in total. The Morgan fingerprint density at radius 2 is 2.25 bits per heavy atom. The quantitative estimate of drug-likeness (QED) is 0.822. The molecule has 1 fully saturated rings. The van der Waals surface area contributed by atoms with Gasteiger partial charge in [0, 0.05) is 13.1 Å². The number of hydrogen-bond donors (Lipinski definition) is 0. The van der Waals surface area contributed by atoms with E-state index in [0.717, 1.165) is 11.3 Å². The van der Waals surface area contributed by atoms with Crippen molar-refractivity contribution in [2.75, 3.05) is 32.6 Å². The number of sulfonamides is 1. The molecule has 0 bridgehead atoms. The van der Waals surface area contributed by atoms with Crippen LogP contribution in [0.5, 0.6) is 5.75 Å². The molecule has 0 aromatic heterocycles. The first kappa shape index (κ1) is 15.3. The molecule has 1 heterocycles. The summed E-state index contributed by atoms with van der Waals surface area (Å²) in [6.45, 7) is 3.26. The summed E-state index contributed by atoms with van der Waals surface area (Å²) in [6, 6.07) is 7.51. The second-order valence-corrected chi connectivity index (χ2v) is 7.05. The Morgan fingerprint density at radius 3 is 2.95 bits per heavy atom. The van der Waals surface area contributed by atoms with E-state index in [1.165, 1.54) is 4.31 Å². The van der Waals surface area contributed by atoms with Crippen molar-refractivity contribution in [3.05, 3.63) is 29.8 Å². The lowest BCUT2D eigenvalue weighted by Crippen LogP contribution is -2.45. The smallest absolute Gasteiger partial charge is 0.214 e. The average Bonchev–Trinajstić information content (AvgIpc) is 2.45. The molecule has 1 aromatic carbocycles. The number of nitrogens with zero attached hydrogens (tertiary/aromatic N) is 1. The van der Waals surface area contributed by atoms with Crippen molar-refractivity contribution in [2.45, 2.75) is 19.4 Å². The molecule has 0 spiro atoms. The van der Waals surface area contributed by atoms with E-state index in [9.17, 15) is 8.42 Å². The summed E-state index contributed by atoms with van der Waals surface area (Å²) < 4.78 is 36.6. The third-order valence-corrected chi connectivity index (χ3v) is 5.22. The van der Waals surface area contributed by atoms with Gasteiger partial charge >= 0.3 is 0 Å². The van der Waals surface area contributed by atoms with Gasteiger partial charge in [-0.3, -0.25) is 0 Å². The number of morpholine rings is 1. The van der Waals surface area contributed by atoms with Crippen molar-refractivity contribution in [1.29, 1.82) is 0 Å². The van der Waals surface area contributed by atoms with Crippen molar-refractivity contribution in [2.24, 2.45) is 0 Å². The molecule has 0 saturated carbocycles. The Labute approximate surface area is 120 Å². The zero-order chi connectivity index (χ0) is 14.6. The van der Waals surface area contributed by atoms with Crippen LogP contribution in [0.25, 0.3) is 0 Å². The van der Waals surface area contributed by atoms with Crippen LogP contribution in [0, 0.1) is 0 Å². The van der Waals surface area contributed by atoms with E-state index in [-0.39, 0.29) is 11.9 Å². The third-order valence-electron chi connectivity index (χ3n) is 3.38. The highest BCUT2D eigenvalue weighted by atomic mass is 32.2. The summed E-state index contributed by atoms with van der Waals surface area (Å²) in [5, 5.41) is 0. The van der Waals surface area contributed by atoms with Crippen LogP contribution < -0.4 is 4.74 Å². The molecule has 0 N–H and O–H groups in total. The molecule has 1 aliphatic heterocycles. The number of hydrogen-bond acceptors (Lipinski definition) is 4. The van der Waals surface area contributed by atoms with Gasteiger partial charge in [-0.2, -0.15) is 4.31 Å². The largest absolute Gasteiger partial charge is 0.497 e. The SMILES string of the molecule is COc1cccc(CCS(=O)(=O)N2CCOC(C)C2)c1. The lowest BCUT2D eigenvalue weighted by Gasteiger charge is -2.30. The zero-order valence-electron chi connectivity index (χ0n) is 11.9. The van der Waals surface area contributed by atoms with Crippen LogP contribution >= 0.6 is 0 Å². The predicted molar refractivity (Wildman–Crippen MR) is 77.5 cm³/mol. The van der Waals surface area contributed by atoms with E-state index in [1.54, 1.807) is 7.11 Å². The van der Waals surface area contributed by atoms with Crippen LogP contribution in [-0.4, -0.2) is 51.4 Å². The lowest BCUT2D eigenvalue weighted by molar-refractivity contribution is 0.0102. The molecule has 6 heteroatoms. The number of rotatable bonds is 5. The van der Waals surface area contributed by atoms with Crippen LogP contribution in [0.2, 0.25) is 0 Å². The van der Waals surface area contributed by atoms with E-state index in [2.05, 4.69) is 0 Å². The monoisotopic (exact) mass is 299 g/mol. The first-order valence-corrected chi connectivity index (χ1v) is 8.34. The van der Waals surface area contributed by atoms with E-state index in [0.29, 0.717) is 26.1 Å². The average molecular weight is 299 g/mol. The Bertz CT molecular complexity index is 544. The van der Waals surface area contributed by atoms with Gasteiger partial charge in [0.15, 0.2) is 0 Å². The molecule has 0 aliphatic carbocycles. The molecule has 0 amide bonds. The lowest BCUT2D eigenvalue weighted by atomic mass is 10.2. The summed E-state index contributed by atoms with van der Waals surface area (Å²) >= 11 is 0. The molecule has 1 unspecified atom stereocenters. The van der Waals surface area contributed by atoms with Gasteiger partial charge in [0.25, 0.3) is 0 Å². The zero-order valence-corrected chi connectivity index (χ0v) is 12.7. The first-order chi connectivity index (χ1) is 9.51. The summed E-state index contributed by atoms with van der Waals surface area (Å²) in [5.41, 5.74) is 0.967. The van der Waals surface area contributed by atoms with E-state index >= 15 is 0 Å². The van der Waals surface area contributed by atoms with Crippen LogP contribution in [0.3, 0.4) is 0 Å². The highest BCUT2D eigenvalue weighted by molar-refractivity contribution is 7.89. The Hall–Kier alpha value is -1.11. The molecule has 0 radical (unpaired) electrons. The summed E-state index contributed by atoms with van der Waals surface area (Å²) in [4.78, 5) is 0. The molecule has 1 aliphatic rings. The topological polar surface area (TPSA) is 55.8 Å². The number of methoxy groups -OCH3 is 1. The summed E-state index contributed by atoms with van der Waals surface area (Å²) in [6.07, 6.45) is 0.459. The predicted octanol–water partition coefficient (Wildman–Crippen LogP) is 1.29. The third kappa shape index (κ3) is 3.94. The van der Waals surface area contributed by atoms with Crippen LogP contribution in [0.4, 0.5) is 0 Å². The van der Waals surface area contributed by atoms with Crippen LogP contribution in [0.15, 0.2) is 24.3 Å². The van der Waals surface area contributed by atoms with Crippen molar-refractivity contribution in [3.8, 4) is 5.75 Å². The number of ether oxygens (including phenoxy) is 2. The normalized spacial score (nSPS) is 20.8. The second kappa shape index (κ2) is 6.56. The van der Waals surface area contributed by atoms with E-state index in [1.807, 2.05) is 31.2 Å². The molecule has 1 atom stereocenters. The molecular formula is C14H21NO4S. The first-order valence-electron chi connectivity index (χ1n) is 6.73. The minimum atomic E-state index is -3.22. The Balaban J connectivity index is 1.97. The standard InChI is InChI=1S/C14H21NO4S/c1-12-11-15(7-8-19-12)20(16,17)9-6-13-4-3-5-14(10-13)18-2/h3-5,10,12H,6-9,11H2,1-2H3. The molecule has 20 heavy (non-hydrogen) atoms. The van der Waals surface area contributed by atoms with Gasteiger partial charge in [0.05, 0.1) is 25.6 Å². The molecular weight excluding hydrogens is 278 g/mol. The number of benzene rings is 1. The minimum absolute atomic E-state index is 0.0321. The second-order valence-electron chi connectivity index (χ2n) is 4.96. The fourth-order valence-corrected chi connectivity index (χ4v) is 3.78. The fourth-order valence-electron chi connectivity index (χ4n) is 2.24. The van der Waals surface area contributed by atoms with Gasteiger partial charge in [-0.25, -0.2) is 8.42 Å². The van der Waals surface area contributed by atoms with Gasteiger partial charge in [0.1, 0.15) is 5.75 Å².